The lowest BCUT2D eigenvalue weighted by Crippen LogP contribution is -2.17. The maximum Gasteiger partial charge on any atom is 0.256 e. The van der Waals surface area contributed by atoms with Gasteiger partial charge in [0.05, 0.1) is 29.5 Å². The molecule has 7 heteroatoms. The van der Waals surface area contributed by atoms with Crippen LogP contribution in [0, 0.1) is 11.3 Å². The number of halogens is 1. The molecule has 0 unspecified atom stereocenters. The number of imidazole rings is 1. The summed E-state index contributed by atoms with van der Waals surface area (Å²) in [5.74, 6) is 0.509. The Morgan fingerprint density at radius 3 is 2.54 bits per heavy atom. The number of hydrogen-bond acceptors (Lipinski definition) is 4. The van der Waals surface area contributed by atoms with E-state index in [2.05, 4.69) is 26.7 Å². The van der Waals surface area contributed by atoms with Crippen molar-refractivity contribution in [2.45, 2.75) is 13.0 Å². The van der Waals surface area contributed by atoms with Crippen molar-refractivity contribution < 1.29 is 0 Å². The molecule has 0 N–H and O–H groups in total. The molecule has 0 aliphatic heterocycles. The first kappa shape index (κ1) is 22.3. The van der Waals surface area contributed by atoms with Gasteiger partial charge in [0.15, 0.2) is 0 Å². The van der Waals surface area contributed by atoms with Crippen molar-refractivity contribution in [3.63, 3.8) is 0 Å². The third-order valence-corrected chi connectivity index (χ3v) is 5.98. The van der Waals surface area contributed by atoms with E-state index in [1.165, 1.54) is 10.6 Å². The molecular weight excluding hydrogens is 458 g/mol. The summed E-state index contributed by atoms with van der Waals surface area (Å²) in [7, 11) is 0. The molecule has 0 saturated carbocycles. The molecule has 0 fully saturated rings. The van der Waals surface area contributed by atoms with E-state index >= 15 is 0 Å². The Morgan fingerprint density at radius 2 is 1.77 bits per heavy atom. The second kappa shape index (κ2) is 9.80. The summed E-state index contributed by atoms with van der Waals surface area (Å²) in [5, 5.41) is 10.2. The Bertz CT molecular complexity index is 1580. The normalized spacial score (nSPS) is 10.7. The summed E-state index contributed by atoms with van der Waals surface area (Å²) in [6.45, 7) is 0.584. The first-order valence-electron chi connectivity index (χ1n) is 11.0. The molecule has 5 rings (SSSR count). The van der Waals surface area contributed by atoms with E-state index in [4.69, 9.17) is 11.6 Å². The number of nitriles is 1. The van der Waals surface area contributed by atoms with E-state index in [-0.39, 0.29) is 5.56 Å². The fourth-order valence-electron chi connectivity index (χ4n) is 4.00. The smallest absolute Gasteiger partial charge is 0.256 e. The van der Waals surface area contributed by atoms with Gasteiger partial charge < -0.3 is 4.57 Å². The first-order valence-corrected chi connectivity index (χ1v) is 11.4. The fourth-order valence-corrected chi connectivity index (χ4v) is 4.16. The van der Waals surface area contributed by atoms with Gasteiger partial charge in [-0.2, -0.15) is 5.26 Å². The lowest BCUT2D eigenvalue weighted by molar-refractivity contribution is 0.749. The number of nitrogens with zero attached hydrogens (tertiary/aromatic N) is 5. The zero-order valence-electron chi connectivity index (χ0n) is 18.7. The molecule has 0 amide bonds. The van der Waals surface area contributed by atoms with Crippen LogP contribution in [0.2, 0.25) is 5.02 Å². The molecule has 35 heavy (non-hydrogen) atoms. The zero-order chi connectivity index (χ0) is 24.2. The van der Waals surface area contributed by atoms with Gasteiger partial charge in [-0.25, -0.2) is 9.97 Å². The van der Waals surface area contributed by atoms with Crippen molar-refractivity contribution in [2.75, 3.05) is 0 Å². The maximum atomic E-state index is 12.1. The number of pyridine rings is 2. The van der Waals surface area contributed by atoms with Crippen LogP contribution in [-0.4, -0.2) is 19.1 Å². The molecule has 0 aliphatic rings. The van der Waals surface area contributed by atoms with Crippen LogP contribution >= 0.6 is 11.6 Å². The minimum Gasteiger partial charge on any atom is -0.330 e. The van der Waals surface area contributed by atoms with Gasteiger partial charge in [-0.05, 0) is 40.5 Å². The second-order valence-electron chi connectivity index (χ2n) is 8.13. The topological polar surface area (TPSA) is 76.5 Å². The van der Waals surface area contributed by atoms with Crippen LogP contribution in [0.25, 0.3) is 16.9 Å². The molecule has 0 bridgehead atoms. The van der Waals surface area contributed by atoms with Crippen molar-refractivity contribution in [3.8, 4) is 23.0 Å². The maximum absolute atomic E-state index is 12.1. The van der Waals surface area contributed by atoms with Crippen molar-refractivity contribution in [2.24, 2.45) is 0 Å². The third kappa shape index (κ3) is 4.91. The highest BCUT2D eigenvalue weighted by Crippen LogP contribution is 2.25. The monoisotopic (exact) mass is 477 g/mol. The van der Waals surface area contributed by atoms with E-state index in [0.29, 0.717) is 29.4 Å². The van der Waals surface area contributed by atoms with Gasteiger partial charge in [-0.3, -0.25) is 9.36 Å². The van der Waals surface area contributed by atoms with Gasteiger partial charge in [0.1, 0.15) is 5.82 Å². The van der Waals surface area contributed by atoms with E-state index in [0.717, 1.165) is 27.9 Å². The summed E-state index contributed by atoms with van der Waals surface area (Å²) in [4.78, 5) is 20.9. The Balaban J connectivity index is 1.35. The fraction of sp³-hybridized carbons (Fsp3) is 0.0714. The quantitative estimate of drug-likeness (QED) is 0.334. The molecule has 0 aliphatic carbocycles. The Kier molecular flexibility index (Phi) is 6.25. The predicted molar refractivity (Wildman–Crippen MR) is 136 cm³/mol. The van der Waals surface area contributed by atoms with Crippen LogP contribution in [-0.2, 0) is 13.0 Å². The average Bonchev–Trinajstić information content (AvgIpc) is 3.32. The zero-order valence-corrected chi connectivity index (χ0v) is 19.4. The lowest BCUT2D eigenvalue weighted by Gasteiger charge is -2.11. The molecule has 3 aromatic heterocycles. The van der Waals surface area contributed by atoms with Crippen LogP contribution in [0.3, 0.4) is 0 Å². The summed E-state index contributed by atoms with van der Waals surface area (Å²) in [6, 6.07) is 25.0. The SMILES string of the molecule is N#Cc1cc(Cc2cncn2Cc2ccc(-n3cc(Cl)ccc3=O)nc2)ccc1-c1ccccc1. The Labute approximate surface area is 207 Å². The van der Waals surface area contributed by atoms with Crippen molar-refractivity contribution in [3.05, 3.63) is 135 Å². The van der Waals surface area contributed by atoms with E-state index in [1.807, 2.05) is 54.7 Å². The second-order valence-corrected chi connectivity index (χ2v) is 8.56. The molecule has 0 atom stereocenters. The highest BCUT2D eigenvalue weighted by atomic mass is 35.5. The largest absolute Gasteiger partial charge is 0.330 e. The molecule has 0 spiro atoms. The molecule has 2 aromatic carbocycles. The Morgan fingerprint density at radius 1 is 0.943 bits per heavy atom. The minimum atomic E-state index is -0.193. The number of hydrogen-bond donors (Lipinski definition) is 0. The predicted octanol–water partition coefficient (Wildman–Crippen LogP) is 5.26. The summed E-state index contributed by atoms with van der Waals surface area (Å²) >= 11 is 6.02. The van der Waals surface area contributed by atoms with Crippen LogP contribution in [0.15, 0.2) is 103 Å². The van der Waals surface area contributed by atoms with Gasteiger partial charge in [-0.1, -0.05) is 60.1 Å². The minimum absolute atomic E-state index is 0.193. The highest BCUT2D eigenvalue weighted by Gasteiger charge is 2.10. The number of rotatable bonds is 6. The van der Waals surface area contributed by atoms with Crippen molar-refractivity contribution in [1.82, 2.24) is 19.1 Å². The first-order chi connectivity index (χ1) is 17.1. The van der Waals surface area contributed by atoms with Gasteiger partial charge in [-0.15, -0.1) is 0 Å². The van der Waals surface area contributed by atoms with E-state index < -0.39 is 0 Å². The summed E-state index contributed by atoms with van der Waals surface area (Å²) in [5.41, 5.74) is 5.44. The lowest BCUT2D eigenvalue weighted by atomic mass is 9.97. The van der Waals surface area contributed by atoms with E-state index in [9.17, 15) is 10.1 Å². The van der Waals surface area contributed by atoms with Gasteiger partial charge >= 0.3 is 0 Å². The molecule has 5 aromatic rings. The van der Waals surface area contributed by atoms with E-state index in [1.54, 1.807) is 30.9 Å². The molecule has 0 saturated heterocycles. The number of benzene rings is 2. The van der Waals surface area contributed by atoms with Crippen LogP contribution in [0.5, 0.6) is 0 Å². The molecule has 170 valence electrons. The van der Waals surface area contributed by atoms with Gasteiger partial charge in [0.25, 0.3) is 5.56 Å². The van der Waals surface area contributed by atoms with Crippen LogP contribution in [0.1, 0.15) is 22.4 Å². The molecule has 0 radical (unpaired) electrons. The van der Waals surface area contributed by atoms with Gasteiger partial charge in [0, 0.05) is 36.8 Å². The standard InChI is InChI=1S/C28H20ClN5O/c29-24-8-11-28(35)34(18-24)27-10-7-21(15-32-27)17-33-19-31-16-25(33)13-20-6-9-26(23(12-20)14-30)22-4-2-1-3-5-22/h1-12,15-16,18-19H,13,17H2. The summed E-state index contributed by atoms with van der Waals surface area (Å²) < 4.78 is 3.47. The average molecular weight is 478 g/mol. The molecule has 3 heterocycles. The highest BCUT2D eigenvalue weighted by molar-refractivity contribution is 6.30. The number of aromatic nitrogens is 4. The Hall–Kier alpha value is -4.47. The summed E-state index contributed by atoms with van der Waals surface area (Å²) in [6.07, 6.45) is 7.57. The van der Waals surface area contributed by atoms with Crippen molar-refractivity contribution in [1.29, 1.82) is 5.26 Å². The third-order valence-electron chi connectivity index (χ3n) is 5.76. The van der Waals surface area contributed by atoms with Crippen LogP contribution in [0.4, 0.5) is 0 Å². The van der Waals surface area contributed by atoms with Crippen LogP contribution < -0.4 is 5.56 Å². The van der Waals surface area contributed by atoms with Crippen molar-refractivity contribution >= 4 is 11.6 Å². The molecule has 6 nitrogen and oxygen atoms in total. The molecular formula is C28H20ClN5O. The van der Waals surface area contributed by atoms with Gasteiger partial charge in [0.2, 0.25) is 0 Å².